The number of carbonyl (C=O) groups is 2. The molecule has 0 bridgehead atoms. The topological polar surface area (TPSA) is 61.8 Å². The van der Waals surface area contributed by atoms with E-state index in [-0.39, 0.29) is 12.2 Å². The zero-order valence-electron chi connectivity index (χ0n) is 15.4. The van der Waals surface area contributed by atoms with Crippen molar-refractivity contribution in [1.29, 1.82) is 0 Å². The molecule has 0 amide bonds. The molecule has 0 heterocycles. The van der Waals surface area contributed by atoms with Gasteiger partial charge in [0.25, 0.3) is 0 Å². The van der Waals surface area contributed by atoms with Crippen molar-refractivity contribution in [3.05, 3.63) is 65.7 Å². The number of hydrogen-bond donors (Lipinski definition) is 0. The molecule has 0 unspecified atom stereocenters. The summed E-state index contributed by atoms with van der Waals surface area (Å²) in [4.78, 5) is 33.9. The fourth-order valence-corrected chi connectivity index (χ4v) is 2.14. The van der Waals surface area contributed by atoms with Gasteiger partial charge in [0, 0.05) is 5.56 Å². The fraction of sp³-hybridized carbons (Fsp3) is 0.333. The second kappa shape index (κ2) is 9.15. The zero-order valence-corrected chi connectivity index (χ0v) is 15.4. The Morgan fingerprint density at radius 2 is 1.58 bits per heavy atom. The van der Waals surface area contributed by atoms with Gasteiger partial charge >= 0.3 is 5.97 Å². The fourth-order valence-electron chi connectivity index (χ4n) is 2.14. The highest BCUT2D eigenvalue weighted by atomic mass is 17.2. The second-order valence-electron chi connectivity index (χ2n) is 6.79. The number of carbonyl (C=O) groups excluding carboxylic acids is 2. The van der Waals surface area contributed by atoms with Crippen LogP contribution in [0.4, 0.5) is 0 Å². The standard InChI is InChI=1S/C21H24O5/c1-21(2,3)26-25-19(22)14-9-15-24-18-13-8-7-12-17(18)20(23)16-10-5-4-6-11-16/h4-8,10-13H,9,14-15H2,1-3H3. The molecular weight excluding hydrogens is 332 g/mol. The van der Waals surface area contributed by atoms with Gasteiger partial charge in [-0.2, -0.15) is 4.89 Å². The minimum atomic E-state index is -0.539. The van der Waals surface area contributed by atoms with Gasteiger partial charge in [-0.3, -0.25) is 9.68 Å². The Morgan fingerprint density at radius 3 is 2.27 bits per heavy atom. The molecule has 0 saturated heterocycles. The van der Waals surface area contributed by atoms with Crippen LogP contribution >= 0.6 is 0 Å². The Hall–Kier alpha value is -2.66. The van der Waals surface area contributed by atoms with Crippen LogP contribution in [0.5, 0.6) is 5.75 Å². The Labute approximate surface area is 153 Å². The minimum Gasteiger partial charge on any atom is -0.493 e. The van der Waals surface area contributed by atoms with Crippen LogP contribution in [-0.4, -0.2) is 24.0 Å². The summed E-state index contributed by atoms with van der Waals surface area (Å²) in [5.41, 5.74) is 0.562. The molecular formula is C21H24O5. The summed E-state index contributed by atoms with van der Waals surface area (Å²) in [6.07, 6.45) is 0.630. The molecule has 0 aromatic heterocycles. The molecule has 26 heavy (non-hydrogen) atoms. The molecule has 2 aromatic carbocycles. The van der Waals surface area contributed by atoms with E-state index in [1.54, 1.807) is 51.1 Å². The van der Waals surface area contributed by atoms with Crippen LogP contribution in [0.3, 0.4) is 0 Å². The molecule has 0 atom stereocenters. The van der Waals surface area contributed by atoms with E-state index in [0.717, 1.165) is 0 Å². The van der Waals surface area contributed by atoms with E-state index in [1.165, 1.54) is 0 Å². The number of rotatable bonds is 8. The largest absolute Gasteiger partial charge is 0.493 e. The van der Waals surface area contributed by atoms with Crippen LogP contribution < -0.4 is 4.74 Å². The molecule has 0 aliphatic carbocycles. The van der Waals surface area contributed by atoms with Gasteiger partial charge in [-0.25, -0.2) is 4.79 Å². The lowest BCUT2D eigenvalue weighted by Gasteiger charge is -2.16. The third-order valence-corrected chi connectivity index (χ3v) is 3.34. The van der Waals surface area contributed by atoms with Crippen molar-refractivity contribution >= 4 is 11.8 Å². The van der Waals surface area contributed by atoms with Crippen molar-refractivity contribution in [3.63, 3.8) is 0 Å². The molecule has 0 N–H and O–H groups in total. The lowest BCUT2D eigenvalue weighted by molar-refractivity contribution is -0.320. The van der Waals surface area contributed by atoms with E-state index in [4.69, 9.17) is 14.5 Å². The Kier molecular flexibility index (Phi) is 6.92. The monoisotopic (exact) mass is 356 g/mol. The summed E-state index contributed by atoms with van der Waals surface area (Å²) in [5, 5.41) is 0. The van der Waals surface area contributed by atoms with Gasteiger partial charge in [-0.15, -0.1) is 0 Å². The molecule has 5 nitrogen and oxygen atoms in total. The number of hydrogen-bond acceptors (Lipinski definition) is 5. The van der Waals surface area contributed by atoms with Crippen molar-refractivity contribution in [2.75, 3.05) is 6.61 Å². The quantitative estimate of drug-likeness (QED) is 0.304. The summed E-state index contributed by atoms with van der Waals surface area (Å²) < 4.78 is 5.71. The molecule has 138 valence electrons. The van der Waals surface area contributed by atoms with Crippen LogP contribution in [0.1, 0.15) is 49.5 Å². The molecule has 5 heteroatoms. The van der Waals surface area contributed by atoms with Crippen LogP contribution in [0.15, 0.2) is 54.6 Å². The van der Waals surface area contributed by atoms with Crippen molar-refractivity contribution < 1.29 is 24.1 Å². The highest BCUT2D eigenvalue weighted by Crippen LogP contribution is 2.22. The second-order valence-corrected chi connectivity index (χ2v) is 6.79. The Balaban J connectivity index is 1.87. The molecule has 0 radical (unpaired) electrons. The first-order chi connectivity index (χ1) is 12.4. The molecule has 0 spiro atoms. The van der Waals surface area contributed by atoms with Crippen LogP contribution in [0, 0.1) is 0 Å². The summed E-state index contributed by atoms with van der Waals surface area (Å²) in [6, 6.07) is 16.1. The van der Waals surface area contributed by atoms with E-state index in [2.05, 4.69) is 0 Å². The first-order valence-electron chi connectivity index (χ1n) is 8.57. The SMILES string of the molecule is CC(C)(C)OOC(=O)CCCOc1ccccc1C(=O)c1ccccc1. The van der Waals surface area contributed by atoms with Gasteiger partial charge < -0.3 is 4.74 Å². The average molecular weight is 356 g/mol. The van der Waals surface area contributed by atoms with E-state index >= 15 is 0 Å². The first kappa shape index (κ1) is 19.7. The molecule has 0 saturated carbocycles. The van der Waals surface area contributed by atoms with Gasteiger partial charge in [-0.05, 0) is 39.3 Å². The highest BCUT2D eigenvalue weighted by Gasteiger charge is 2.16. The third kappa shape index (κ3) is 6.33. The Morgan fingerprint density at radius 1 is 0.923 bits per heavy atom. The van der Waals surface area contributed by atoms with Crippen LogP contribution in [0.25, 0.3) is 0 Å². The number of ketones is 1. The van der Waals surface area contributed by atoms with Crippen LogP contribution in [0.2, 0.25) is 0 Å². The van der Waals surface area contributed by atoms with Crippen molar-refractivity contribution in [2.24, 2.45) is 0 Å². The van der Waals surface area contributed by atoms with E-state index in [1.807, 2.05) is 24.3 Å². The van der Waals surface area contributed by atoms with Gasteiger partial charge in [0.15, 0.2) is 5.78 Å². The van der Waals surface area contributed by atoms with Gasteiger partial charge in [0.05, 0.1) is 18.6 Å². The van der Waals surface area contributed by atoms with Crippen LogP contribution in [-0.2, 0) is 14.6 Å². The highest BCUT2D eigenvalue weighted by molar-refractivity contribution is 6.10. The van der Waals surface area contributed by atoms with Gasteiger partial charge in [0.2, 0.25) is 0 Å². The average Bonchev–Trinajstić information content (AvgIpc) is 2.63. The van der Waals surface area contributed by atoms with Gasteiger partial charge in [-0.1, -0.05) is 42.5 Å². The van der Waals surface area contributed by atoms with E-state index in [9.17, 15) is 9.59 Å². The maximum atomic E-state index is 12.6. The first-order valence-corrected chi connectivity index (χ1v) is 8.57. The lowest BCUT2D eigenvalue weighted by Crippen LogP contribution is -2.22. The normalized spacial score (nSPS) is 11.0. The Bertz CT molecular complexity index is 732. The third-order valence-electron chi connectivity index (χ3n) is 3.34. The summed E-state index contributed by atoms with van der Waals surface area (Å²) in [6.45, 7) is 5.68. The molecule has 0 aliphatic rings. The number of ether oxygens (including phenoxy) is 1. The predicted molar refractivity (Wildman–Crippen MR) is 98.0 cm³/mol. The molecule has 2 aromatic rings. The number of benzene rings is 2. The van der Waals surface area contributed by atoms with E-state index < -0.39 is 11.6 Å². The summed E-state index contributed by atoms with van der Waals surface area (Å²) in [7, 11) is 0. The summed E-state index contributed by atoms with van der Waals surface area (Å²) in [5.74, 6) is -0.0444. The van der Waals surface area contributed by atoms with Gasteiger partial charge in [0.1, 0.15) is 11.4 Å². The predicted octanol–water partition coefficient (Wildman–Crippen LogP) is 4.35. The number of para-hydroxylation sites is 1. The van der Waals surface area contributed by atoms with Crippen molar-refractivity contribution in [2.45, 2.75) is 39.2 Å². The maximum absolute atomic E-state index is 12.6. The molecule has 2 rings (SSSR count). The van der Waals surface area contributed by atoms with Crippen molar-refractivity contribution in [1.82, 2.24) is 0 Å². The summed E-state index contributed by atoms with van der Waals surface area (Å²) >= 11 is 0. The smallest absolute Gasteiger partial charge is 0.342 e. The zero-order chi connectivity index (χ0) is 19.0. The molecule has 0 aliphatic heterocycles. The van der Waals surface area contributed by atoms with E-state index in [0.29, 0.717) is 29.9 Å². The minimum absolute atomic E-state index is 0.0980. The van der Waals surface area contributed by atoms with Crippen molar-refractivity contribution in [3.8, 4) is 5.75 Å². The molecule has 0 fully saturated rings. The lowest BCUT2D eigenvalue weighted by atomic mass is 10.0. The maximum Gasteiger partial charge on any atom is 0.342 e.